The summed E-state index contributed by atoms with van der Waals surface area (Å²) in [6.45, 7) is 3.83. The van der Waals surface area contributed by atoms with Gasteiger partial charge in [-0.1, -0.05) is 35.9 Å². The third-order valence-corrected chi connectivity index (χ3v) is 6.68. The number of carbonyl (C=O) groups is 2. The van der Waals surface area contributed by atoms with Gasteiger partial charge in [-0.05, 0) is 64.0 Å². The fourth-order valence-electron chi connectivity index (χ4n) is 4.61. The van der Waals surface area contributed by atoms with Gasteiger partial charge in [-0.3, -0.25) is 14.9 Å². The Morgan fingerprint density at radius 1 is 1.22 bits per heavy atom. The number of halogens is 2. The molecule has 2 aromatic carbocycles. The molecule has 1 unspecified atom stereocenters. The van der Waals surface area contributed by atoms with Crippen molar-refractivity contribution in [1.29, 1.82) is 0 Å². The number of carbonyl (C=O) groups excluding carboxylic acids is 2. The minimum Gasteiger partial charge on any atom is -0.337 e. The minimum absolute atomic E-state index is 0.0310. The molecule has 9 heteroatoms. The number of aromatic nitrogens is 2. The van der Waals surface area contributed by atoms with E-state index >= 15 is 0 Å². The maximum atomic E-state index is 14.6. The second-order valence-corrected chi connectivity index (χ2v) is 9.81. The van der Waals surface area contributed by atoms with Crippen LogP contribution in [0.5, 0.6) is 0 Å². The summed E-state index contributed by atoms with van der Waals surface area (Å²) in [7, 11) is 3.91. The third-order valence-electron chi connectivity index (χ3n) is 6.39. The number of likely N-dealkylation sites (tertiary alicyclic amines) is 1. The van der Waals surface area contributed by atoms with Gasteiger partial charge in [-0.15, -0.1) is 0 Å². The van der Waals surface area contributed by atoms with E-state index in [1.165, 1.54) is 18.2 Å². The van der Waals surface area contributed by atoms with E-state index in [2.05, 4.69) is 10.3 Å². The van der Waals surface area contributed by atoms with E-state index in [1.807, 2.05) is 59.7 Å². The molecule has 0 spiro atoms. The molecule has 3 aromatic rings. The van der Waals surface area contributed by atoms with Crippen LogP contribution in [0.15, 0.2) is 48.6 Å². The molecular weight excluding hydrogens is 481 g/mol. The molecule has 1 aliphatic heterocycles. The van der Waals surface area contributed by atoms with Crippen molar-refractivity contribution in [3.8, 4) is 0 Å². The van der Waals surface area contributed by atoms with Gasteiger partial charge in [0.25, 0.3) is 5.91 Å². The molecule has 1 aromatic heterocycles. The maximum absolute atomic E-state index is 14.6. The number of amides is 2. The Morgan fingerprint density at radius 3 is 2.78 bits per heavy atom. The molecule has 7 nitrogen and oxygen atoms in total. The highest BCUT2D eigenvalue weighted by Gasteiger charge is 2.27. The maximum Gasteiger partial charge on any atom is 0.261 e. The highest BCUT2D eigenvalue weighted by atomic mass is 35.5. The van der Waals surface area contributed by atoms with E-state index in [0.29, 0.717) is 25.6 Å². The predicted molar refractivity (Wildman–Crippen MR) is 141 cm³/mol. The number of nitrogens with zero attached hydrogens (tertiary/aromatic N) is 4. The number of para-hydroxylation sites is 1. The number of fused-ring (bicyclic) bond motifs is 1. The average Bonchev–Trinajstić information content (AvgIpc) is 3.02. The number of hydrogen-bond donors (Lipinski definition) is 1. The van der Waals surface area contributed by atoms with Crippen LogP contribution >= 0.6 is 11.6 Å². The van der Waals surface area contributed by atoms with Gasteiger partial charge in [0.15, 0.2) is 5.82 Å². The van der Waals surface area contributed by atoms with Crippen LogP contribution < -0.4 is 5.32 Å². The molecule has 1 atom stereocenters. The first-order chi connectivity index (χ1) is 17.3. The van der Waals surface area contributed by atoms with Crippen molar-refractivity contribution in [2.75, 3.05) is 39.0 Å². The summed E-state index contributed by atoms with van der Waals surface area (Å²) in [4.78, 5) is 34.6. The summed E-state index contributed by atoms with van der Waals surface area (Å²) in [6, 6.07) is 10.0. The molecule has 1 N–H and O–H groups in total. The largest absolute Gasteiger partial charge is 0.337 e. The average molecular weight is 512 g/mol. The standard InChI is InChI=1S/C27H31ClFN5O2/c1-18-9-6-13-22-25(18)34(27(30-22)31-26(36)20-11-7-12-21(28)24(20)29)19-10-4-5-16-33(17-19)23(35)14-8-15-32(2)3/h6-9,11-14,19H,4-5,10,15-17H2,1-3H3,(H,30,31,36). The quantitative estimate of drug-likeness (QED) is 0.469. The lowest BCUT2D eigenvalue weighted by Gasteiger charge is -2.26. The predicted octanol–water partition coefficient (Wildman–Crippen LogP) is 5.06. The zero-order chi connectivity index (χ0) is 25.8. The molecule has 0 bridgehead atoms. The van der Waals surface area contributed by atoms with Crippen molar-refractivity contribution in [2.24, 2.45) is 0 Å². The van der Waals surface area contributed by atoms with Gasteiger partial charge in [0.2, 0.25) is 11.9 Å². The molecule has 0 saturated carbocycles. The zero-order valence-electron chi connectivity index (χ0n) is 20.8. The van der Waals surface area contributed by atoms with Crippen LogP contribution in [-0.2, 0) is 4.79 Å². The van der Waals surface area contributed by atoms with E-state index in [0.717, 1.165) is 35.9 Å². The van der Waals surface area contributed by atoms with Crippen molar-refractivity contribution in [2.45, 2.75) is 32.2 Å². The lowest BCUT2D eigenvalue weighted by molar-refractivity contribution is -0.126. The van der Waals surface area contributed by atoms with Crippen LogP contribution in [0.3, 0.4) is 0 Å². The molecule has 190 valence electrons. The van der Waals surface area contributed by atoms with Crippen LogP contribution in [0.1, 0.15) is 41.2 Å². The fraction of sp³-hybridized carbons (Fsp3) is 0.370. The number of rotatable bonds is 6. The van der Waals surface area contributed by atoms with Crippen LogP contribution in [-0.4, -0.2) is 64.9 Å². The van der Waals surface area contributed by atoms with E-state index in [4.69, 9.17) is 11.6 Å². The number of imidazole rings is 1. The Hall–Kier alpha value is -3.23. The number of benzene rings is 2. The SMILES string of the molecule is Cc1cccc2nc(NC(=O)c3cccc(Cl)c3F)n(C3CCCCN(C(=O)C=CCN(C)C)C3)c12. The Morgan fingerprint density at radius 2 is 2.00 bits per heavy atom. The summed E-state index contributed by atoms with van der Waals surface area (Å²) in [5, 5.41) is 2.69. The van der Waals surface area contributed by atoms with Crippen molar-refractivity contribution < 1.29 is 14.0 Å². The highest BCUT2D eigenvalue weighted by molar-refractivity contribution is 6.31. The normalized spacial score (nSPS) is 16.6. The number of hydrogen-bond acceptors (Lipinski definition) is 4. The molecule has 36 heavy (non-hydrogen) atoms. The van der Waals surface area contributed by atoms with Crippen molar-refractivity contribution in [1.82, 2.24) is 19.4 Å². The summed E-state index contributed by atoms with van der Waals surface area (Å²) < 4.78 is 16.6. The van der Waals surface area contributed by atoms with Gasteiger partial charge < -0.3 is 14.4 Å². The van der Waals surface area contributed by atoms with Crippen LogP contribution in [0, 0.1) is 12.7 Å². The van der Waals surface area contributed by atoms with Gasteiger partial charge in [0.1, 0.15) is 0 Å². The highest BCUT2D eigenvalue weighted by Crippen LogP contribution is 2.32. The first kappa shape index (κ1) is 25.9. The first-order valence-corrected chi connectivity index (χ1v) is 12.5. The Balaban J connectivity index is 1.69. The Labute approximate surface area is 215 Å². The lowest BCUT2D eigenvalue weighted by atomic mass is 10.1. The summed E-state index contributed by atoms with van der Waals surface area (Å²) in [5.41, 5.74) is 2.47. The second kappa shape index (κ2) is 11.2. The minimum atomic E-state index is -0.772. The molecule has 0 aliphatic carbocycles. The number of anilines is 1. The monoisotopic (exact) mass is 511 g/mol. The third kappa shape index (κ3) is 5.60. The first-order valence-electron chi connectivity index (χ1n) is 12.1. The van der Waals surface area contributed by atoms with E-state index < -0.39 is 11.7 Å². The van der Waals surface area contributed by atoms with Crippen molar-refractivity contribution in [3.05, 3.63) is 70.5 Å². The zero-order valence-corrected chi connectivity index (χ0v) is 21.6. The molecular formula is C27H31ClFN5O2. The molecule has 1 fully saturated rings. The number of likely N-dealkylation sites (N-methyl/N-ethyl adjacent to an activating group) is 1. The molecule has 2 heterocycles. The molecule has 1 saturated heterocycles. The van der Waals surface area contributed by atoms with E-state index in [9.17, 15) is 14.0 Å². The Kier molecular flexibility index (Phi) is 8.06. The summed E-state index contributed by atoms with van der Waals surface area (Å²) >= 11 is 5.89. The fourth-order valence-corrected chi connectivity index (χ4v) is 4.79. The Bertz CT molecular complexity index is 1300. The van der Waals surface area contributed by atoms with Crippen LogP contribution in [0.2, 0.25) is 5.02 Å². The summed E-state index contributed by atoms with van der Waals surface area (Å²) in [5.74, 6) is -1.11. The van der Waals surface area contributed by atoms with Gasteiger partial charge in [-0.2, -0.15) is 0 Å². The molecule has 2 amide bonds. The summed E-state index contributed by atoms with van der Waals surface area (Å²) in [6.07, 6.45) is 6.14. The van der Waals surface area contributed by atoms with Gasteiger partial charge >= 0.3 is 0 Å². The van der Waals surface area contributed by atoms with Gasteiger partial charge in [-0.25, -0.2) is 9.37 Å². The van der Waals surface area contributed by atoms with Crippen molar-refractivity contribution in [3.63, 3.8) is 0 Å². The molecule has 0 radical (unpaired) electrons. The molecule has 1 aliphatic rings. The molecule has 4 rings (SSSR count). The van der Waals surface area contributed by atoms with Gasteiger partial charge in [0, 0.05) is 25.7 Å². The second-order valence-electron chi connectivity index (χ2n) is 9.40. The lowest BCUT2D eigenvalue weighted by Crippen LogP contribution is -2.35. The van der Waals surface area contributed by atoms with Gasteiger partial charge in [0.05, 0.1) is 27.7 Å². The van der Waals surface area contributed by atoms with Crippen molar-refractivity contribution >= 4 is 40.4 Å². The van der Waals surface area contributed by atoms with Crippen LogP contribution in [0.25, 0.3) is 11.0 Å². The smallest absolute Gasteiger partial charge is 0.261 e. The van der Waals surface area contributed by atoms with E-state index in [-0.39, 0.29) is 22.5 Å². The van der Waals surface area contributed by atoms with Crippen LogP contribution in [0.4, 0.5) is 10.3 Å². The number of aryl methyl sites for hydroxylation is 1. The van der Waals surface area contributed by atoms with E-state index in [1.54, 1.807) is 6.08 Å². The topological polar surface area (TPSA) is 70.5 Å². The number of nitrogens with one attached hydrogen (secondary N) is 1.